The molecule has 0 aliphatic rings. The maximum Gasteiger partial charge on any atom is 0.234 e. The van der Waals surface area contributed by atoms with Crippen LogP contribution in [0.4, 0.5) is 5.82 Å². The highest BCUT2D eigenvalue weighted by Crippen LogP contribution is 2.08. The van der Waals surface area contributed by atoms with Crippen molar-refractivity contribution >= 4 is 5.82 Å². The Bertz CT molecular complexity index is 338. The maximum absolute atomic E-state index is 8.59. The number of nitriles is 1. The molecule has 0 saturated carbocycles. The van der Waals surface area contributed by atoms with Gasteiger partial charge in [0.05, 0.1) is 0 Å². The summed E-state index contributed by atoms with van der Waals surface area (Å²) < 4.78 is 0. The summed E-state index contributed by atoms with van der Waals surface area (Å²) in [5.41, 5.74) is 6.34. The second kappa shape index (κ2) is 3.85. The Balaban J connectivity index is 2.96. The standard InChI is InChI=1S/C9H12N4/c1-6(2)3-7-4-8(11)13-9(5-10)12-7/h4,6H,3H2,1-2H3,(H2,11,12,13). The molecular weight excluding hydrogens is 164 g/mol. The van der Waals surface area contributed by atoms with E-state index in [-0.39, 0.29) is 5.82 Å². The lowest BCUT2D eigenvalue weighted by molar-refractivity contribution is 0.633. The van der Waals surface area contributed by atoms with Crippen LogP contribution in [-0.2, 0) is 6.42 Å². The lowest BCUT2D eigenvalue weighted by Gasteiger charge is -2.04. The van der Waals surface area contributed by atoms with Crippen molar-refractivity contribution in [3.05, 3.63) is 17.6 Å². The Morgan fingerprint density at radius 3 is 2.77 bits per heavy atom. The zero-order valence-corrected chi connectivity index (χ0v) is 7.78. The Hall–Kier alpha value is -1.63. The lowest BCUT2D eigenvalue weighted by Crippen LogP contribution is -2.03. The largest absolute Gasteiger partial charge is 0.384 e. The molecule has 4 heteroatoms. The van der Waals surface area contributed by atoms with Crippen molar-refractivity contribution in [1.82, 2.24) is 9.97 Å². The third-order valence-corrected chi connectivity index (χ3v) is 1.52. The molecule has 0 unspecified atom stereocenters. The fourth-order valence-electron chi connectivity index (χ4n) is 1.09. The predicted octanol–water partition coefficient (Wildman–Crippen LogP) is 1.13. The average Bonchev–Trinajstić information content (AvgIpc) is 2.01. The zero-order valence-electron chi connectivity index (χ0n) is 7.78. The Kier molecular flexibility index (Phi) is 2.80. The monoisotopic (exact) mass is 176 g/mol. The predicted molar refractivity (Wildman–Crippen MR) is 49.7 cm³/mol. The van der Waals surface area contributed by atoms with E-state index >= 15 is 0 Å². The summed E-state index contributed by atoms with van der Waals surface area (Å²) in [7, 11) is 0. The summed E-state index contributed by atoms with van der Waals surface area (Å²) in [5.74, 6) is 1.01. The number of rotatable bonds is 2. The van der Waals surface area contributed by atoms with Gasteiger partial charge in [-0.1, -0.05) is 13.8 Å². The molecule has 0 radical (unpaired) electrons. The number of nitrogens with two attached hydrogens (primary N) is 1. The molecule has 1 heterocycles. The first-order valence-electron chi connectivity index (χ1n) is 4.15. The minimum atomic E-state index is 0.149. The van der Waals surface area contributed by atoms with Crippen molar-refractivity contribution in [2.45, 2.75) is 20.3 Å². The second-order valence-electron chi connectivity index (χ2n) is 3.32. The van der Waals surface area contributed by atoms with Gasteiger partial charge >= 0.3 is 0 Å². The fraction of sp³-hybridized carbons (Fsp3) is 0.444. The molecule has 0 saturated heterocycles. The van der Waals surface area contributed by atoms with Gasteiger partial charge in [-0.2, -0.15) is 5.26 Å². The highest BCUT2D eigenvalue weighted by molar-refractivity contribution is 5.32. The van der Waals surface area contributed by atoms with Crippen LogP contribution < -0.4 is 5.73 Å². The Morgan fingerprint density at radius 2 is 2.23 bits per heavy atom. The van der Waals surface area contributed by atoms with Gasteiger partial charge in [-0.25, -0.2) is 9.97 Å². The smallest absolute Gasteiger partial charge is 0.234 e. The second-order valence-corrected chi connectivity index (χ2v) is 3.32. The number of hydrogen-bond donors (Lipinski definition) is 1. The van der Waals surface area contributed by atoms with E-state index in [1.54, 1.807) is 6.07 Å². The molecule has 1 aromatic rings. The summed E-state index contributed by atoms with van der Waals surface area (Å²) in [6.07, 6.45) is 0.821. The zero-order chi connectivity index (χ0) is 9.84. The molecule has 1 aromatic heterocycles. The molecule has 2 N–H and O–H groups in total. The van der Waals surface area contributed by atoms with Gasteiger partial charge < -0.3 is 5.73 Å². The third-order valence-electron chi connectivity index (χ3n) is 1.52. The van der Waals surface area contributed by atoms with E-state index in [0.29, 0.717) is 11.7 Å². The normalized spacial score (nSPS) is 10.0. The average molecular weight is 176 g/mol. The van der Waals surface area contributed by atoms with Crippen molar-refractivity contribution in [3.8, 4) is 6.07 Å². The van der Waals surface area contributed by atoms with Crippen LogP contribution in [0.5, 0.6) is 0 Å². The van der Waals surface area contributed by atoms with E-state index in [9.17, 15) is 0 Å². The van der Waals surface area contributed by atoms with E-state index < -0.39 is 0 Å². The molecule has 0 aromatic carbocycles. The lowest BCUT2D eigenvalue weighted by atomic mass is 10.1. The first kappa shape index (κ1) is 9.46. The van der Waals surface area contributed by atoms with Gasteiger partial charge in [0.25, 0.3) is 0 Å². The third kappa shape index (κ3) is 2.71. The first-order valence-corrected chi connectivity index (χ1v) is 4.15. The molecule has 0 bridgehead atoms. The van der Waals surface area contributed by atoms with Crippen LogP contribution in [0.1, 0.15) is 25.4 Å². The van der Waals surface area contributed by atoms with Gasteiger partial charge in [0.1, 0.15) is 11.9 Å². The van der Waals surface area contributed by atoms with Crippen LogP contribution in [0.2, 0.25) is 0 Å². The van der Waals surface area contributed by atoms with Crippen LogP contribution in [-0.4, -0.2) is 9.97 Å². The van der Waals surface area contributed by atoms with Crippen LogP contribution in [0.15, 0.2) is 6.07 Å². The Morgan fingerprint density at radius 1 is 1.54 bits per heavy atom. The molecule has 0 atom stereocenters. The Labute approximate surface area is 77.4 Å². The van der Waals surface area contributed by atoms with Gasteiger partial charge in [-0.05, 0) is 12.3 Å². The van der Waals surface area contributed by atoms with E-state index in [0.717, 1.165) is 12.1 Å². The number of anilines is 1. The highest BCUT2D eigenvalue weighted by atomic mass is 14.9. The topological polar surface area (TPSA) is 75.6 Å². The van der Waals surface area contributed by atoms with E-state index in [4.69, 9.17) is 11.0 Å². The van der Waals surface area contributed by atoms with Crippen LogP contribution >= 0.6 is 0 Å². The SMILES string of the molecule is CC(C)Cc1cc(N)nc(C#N)n1. The van der Waals surface area contributed by atoms with Crippen LogP contribution in [0, 0.1) is 17.2 Å². The molecule has 0 aliphatic heterocycles. The number of nitrogen functional groups attached to an aromatic ring is 1. The quantitative estimate of drug-likeness (QED) is 0.732. The number of hydrogen-bond acceptors (Lipinski definition) is 4. The van der Waals surface area contributed by atoms with Crippen LogP contribution in [0.3, 0.4) is 0 Å². The number of nitrogens with zero attached hydrogens (tertiary/aromatic N) is 3. The van der Waals surface area contributed by atoms with Crippen molar-refractivity contribution in [2.24, 2.45) is 5.92 Å². The van der Waals surface area contributed by atoms with Gasteiger partial charge in [-0.15, -0.1) is 0 Å². The molecule has 68 valence electrons. The summed E-state index contributed by atoms with van der Waals surface area (Å²) >= 11 is 0. The minimum Gasteiger partial charge on any atom is -0.384 e. The van der Waals surface area contributed by atoms with Crippen molar-refractivity contribution in [2.75, 3.05) is 5.73 Å². The first-order chi connectivity index (χ1) is 6.11. The maximum atomic E-state index is 8.59. The number of aromatic nitrogens is 2. The highest BCUT2D eigenvalue weighted by Gasteiger charge is 2.03. The molecule has 4 nitrogen and oxygen atoms in total. The molecule has 13 heavy (non-hydrogen) atoms. The molecule has 0 fully saturated rings. The van der Waals surface area contributed by atoms with Crippen molar-refractivity contribution < 1.29 is 0 Å². The van der Waals surface area contributed by atoms with Crippen molar-refractivity contribution in [3.63, 3.8) is 0 Å². The van der Waals surface area contributed by atoms with Gasteiger partial charge in [0, 0.05) is 11.8 Å². The van der Waals surface area contributed by atoms with E-state index in [2.05, 4.69) is 23.8 Å². The van der Waals surface area contributed by atoms with Crippen molar-refractivity contribution in [1.29, 1.82) is 5.26 Å². The summed E-state index contributed by atoms with van der Waals surface area (Å²) in [5, 5.41) is 8.59. The molecule has 0 spiro atoms. The molecular formula is C9H12N4. The summed E-state index contributed by atoms with van der Waals surface area (Å²) in [6.45, 7) is 4.18. The van der Waals surface area contributed by atoms with Gasteiger partial charge in [-0.3, -0.25) is 0 Å². The van der Waals surface area contributed by atoms with Gasteiger partial charge in [0.15, 0.2) is 0 Å². The van der Waals surface area contributed by atoms with E-state index in [1.165, 1.54) is 0 Å². The fourth-order valence-corrected chi connectivity index (χ4v) is 1.09. The molecule has 1 rings (SSSR count). The summed E-state index contributed by atoms with van der Waals surface area (Å²) in [4.78, 5) is 7.81. The van der Waals surface area contributed by atoms with Gasteiger partial charge in [0.2, 0.25) is 5.82 Å². The van der Waals surface area contributed by atoms with E-state index in [1.807, 2.05) is 6.07 Å². The molecule has 0 amide bonds. The minimum absolute atomic E-state index is 0.149. The summed E-state index contributed by atoms with van der Waals surface area (Å²) in [6, 6.07) is 3.59. The van der Waals surface area contributed by atoms with Crippen LogP contribution in [0.25, 0.3) is 0 Å². The molecule has 0 aliphatic carbocycles.